The second kappa shape index (κ2) is 6.73. The lowest BCUT2D eigenvalue weighted by atomic mass is 10.1. The molecule has 2 N–H and O–H groups in total. The summed E-state index contributed by atoms with van der Waals surface area (Å²) in [6.45, 7) is 6.06. The molecule has 1 unspecified atom stereocenters. The van der Waals surface area contributed by atoms with Gasteiger partial charge in [0, 0.05) is 17.7 Å². The quantitative estimate of drug-likeness (QED) is 0.800. The highest BCUT2D eigenvalue weighted by Crippen LogP contribution is 2.08. The summed E-state index contributed by atoms with van der Waals surface area (Å²) in [6.07, 6.45) is 2.55. The summed E-state index contributed by atoms with van der Waals surface area (Å²) in [6, 6.07) is 6.91. The minimum absolute atomic E-state index is 0.110. The number of carboxylic acids is 1. The summed E-state index contributed by atoms with van der Waals surface area (Å²) in [5.41, 5.74) is 1.32. The van der Waals surface area contributed by atoms with Crippen LogP contribution in [0.3, 0.4) is 0 Å². The Morgan fingerprint density at radius 3 is 2.21 bits per heavy atom. The highest BCUT2D eigenvalue weighted by atomic mass is 16.4. The fourth-order valence-corrected chi connectivity index (χ4v) is 1.37. The Labute approximate surface area is 113 Å². The molecule has 0 spiro atoms. The standard InChI is InChI=1S/C15H19NO3/c1-10(2)11(3)16-15(19)13-7-4-12(5-8-13)6-9-14(17)18/h4-11H,1-3H3,(H,16,19)(H,17,18). The summed E-state index contributed by atoms with van der Waals surface area (Å²) in [7, 11) is 0. The third kappa shape index (κ3) is 4.95. The van der Waals surface area contributed by atoms with Gasteiger partial charge in [-0.2, -0.15) is 0 Å². The molecule has 1 rings (SSSR count). The normalized spacial score (nSPS) is 12.6. The first-order chi connectivity index (χ1) is 8.90. The zero-order valence-electron chi connectivity index (χ0n) is 11.4. The van der Waals surface area contributed by atoms with Crippen molar-refractivity contribution in [3.63, 3.8) is 0 Å². The van der Waals surface area contributed by atoms with Crippen molar-refractivity contribution in [1.82, 2.24) is 5.32 Å². The zero-order chi connectivity index (χ0) is 14.4. The number of nitrogens with one attached hydrogen (secondary N) is 1. The molecular formula is C15H19NO3. The highest BCUT2D eigenvalue weighted by Gasteiger charge is 2.11. The summed E-state index contributed by atoms with van der Waals surface area (Å²) in [5.74, 6) is -0.732. The summed E-state index contributed by atoms with van der Waals surface area (Å²) in [4.78, 5) is 22.3. The van der Waals surface area contributed by atoms with Crippen LogP contribution in [0.5, 0.6) is 0 Å². The third-order valence-electron chi connectivity index (χ3n) is 2.95. The van der Waals surface area contributed by atoms with E-state index in [-0.39, 0.29) is 11.9 Å². The number of rotatable bonds is 5. The van der Waals surface area contributed by atoms with Crippen LogP contribution in [0, 0.1) is 5.92 Å². The first kappa shape index (κ1) is 15.0. The van der Waals surface area contributed by atoms with Crippen molar-refractivity contribution < 1.29 is 14.7 Å². The van der Waals surface area contributed by atoms with Gasteiger partial charge in [-0.05, 0) is 36.6 Å². The van der Waals surface area contributed by atoms with E-state index in [2.05, 4.69) is 5.32 Å². The van der Waals surface area contributed by atoms with Crippen molar-refractivity contribution in [2.24, 2.45) is 5.92 Å². The molecule has 0 radical (unpaired) electrons. The monoisotopic (exact) mass is 261 g/mol. The second-order valence-electron chi connectivity index (χ2n) is 4.80. The Bertz CT molecular complexity index is 475. The van der Waals surface area contributed by atoms with E-state index in [1.165, 1.54) is 6.08 Å². The van der Waals surface area contributed by atoms with Gasteiger partial charge in [0.05, 0.1) is 0 Å². The predicted octanol–water partition coefficient (Wildman–Crippen LogP) is 2.56. The smallest absolute Gasteiger partial charge is 0.328 e. The SMILES string of the molecule is CC(C)C(C)NC(=O)c1ccc(C=CC(=O)O)cc1. The second-order valence-corrected chi connectivity index (χ2v) is 4.80. The topological polar surface area (TPSA) is 66.4 Å². The van der Waals surface area contributed by atoms with Crippen LogP contribution in [-0.4, -0.2) is 23.0 Å². The van der Waals surface area contributed by atoms with Crippen molar-refractivity contribution in [2.45, 2.75) is 26.8 Å². The lowest BCUT2D eigenvalue weighted by Gasteiger charge is -2.17. The molecule has 0 aliphatic carbocycles. The molecule has 102 valence electrons. The number of benzene rings is 1. The van der Waals surface area contributed by atoms with E-state index in [1.807, 2.05) is 20.8 Å². The number of hydrogen-bond donors (Lipinski definition) is 2. The molecule has 1 amide bonds. The van der Waals surface area contributed by atoms with Crippen LogP contribution in [0.2, 0.25) is 0 Å². The summed E-state index contributed by atoms with van der Waals surface area (Å²) in [5, 5.41) is 11.4. The number of carboxylic acid groups (broad SMARTS) is 1. The maximum atomic E-state index is 11.9. The van der Waals surface area contributed by atoms with Gasteiger partial charge in [0.15, 0.2) is 0 Å². The molecule has 0 aliphatic heterocycles. The molecule has 0 aliphatic rings. The van der Waals surface area contributed by atoms with Crippen molar-refractivity contribution in [3.05, 3.63) is 41.5 Å². The minimum atomic E-state index is -0.993. The van der Waals surface area contributed by atoms with E-state index < -0.39 is 5.97 Å². The molecule has 0 heterocycles. The van der Waals surface area contributed by atoms with Gasteiger partial charge in [-0.1, -0.05) is 26.0 Å². The number of carbonyl (C=O) groups excluding carboxylic acids is 1. The van der Waals surface area contributed by atoms with E-state index in [9.17, 15) is 9.59 Å². The summed E-state index contributed by atoms with van der Waals surface area (Å²) >= 11 is 0. The molecule has 0 aromatic heterocycles. The highest BCUT2D eigenvalue weighted by molar-refractivity contribution is 5.94. The molecule has 0 saturated heterocycles. The van der Waals surface area contributed by atoms with E-state index in [0.717, 1.165) is 11.6 Å². The molecule has 1 atom stereocenters. The van der Waals surface area contributed by atoms with Gasteiger partial charge in [0.2, 0.25) is 0 Å². The average molecular weight is 261 g/mol. The predicted molar refractivity (Wildman–Crippen MR) is 74.9 cm³/mol. The van der Waals surface area contributed by atoms with Gasteiger partial charge in [0.25, 0.3) is 5.91 Å². The van der Waals surface area contributed by atoms with Crippen LogP contribution in [0.4, 0.5) is 0 Å². The maximum absolute atomic E-state index is 11.9. The maximum Gasteiger partial charge on any atom is 0.328 e. The number of carbonyl (C=O) groups is 2. The van der Waals surface area contributed by atoms with Gasteiger partial charge in [0.1, 0.15) is 0 Å². The van der Waals surface area contributed by atoms with Gasteiger partial charge in [-0.3, -0.25) is 4.79 Å². The first-order valence-electron chi connectivity index (χ1n) is 6.22. The van der Waals surface area contributed by atoms with E-state index in [0.29, 0.717) is 11.5 Å². The molecule has 4 nitrogen and oxygen atoms in total. The van der Waals surface area contributed by atoms with Gasteiger partial charge in [-0.15, -0.1) is 0 Å². The molecule has 0 fully saturated rings. The fraction of sp³-hybridized carbons (Fsp3) is 0.333. The molecule has 4 heteroatoms. The average Bonchev–Trinajstić information content (AvgIpc) is 2.36. The number of hydrogen-bond acceptors (Lipinski definition) is 2. The van der Waals surface area contributed by atoms with Crippen LogP contribution in [0.25, 0.3) is 6.08 Å². The Balaban J connectivity index is 2.71. The Kier molecular flexibility index (Phi) is 5.30. The third-order valence-corrected chi connectivity index (χ3v) is 2.95. The van der Waals surface area contributed by atoms with E-state index in [4.69, 9.17) is 5.11 Å². The lowest BCUT2D eigenvalue weighted by Crippen LogP contribution is -2.36. The molecule has 19 heavy (non-hydrogen) atoms. The van der Waals surface area contributed by atoms with Crippen molar-refractivity contribution >= 4 is 18.0 Å². The largest absolute Gasteiger partial charge is 0.478 e. The Morgan fingerprint density at radius 1 is 1.16 bits per heavy atom. The lowest BCUT2D eigenvalue weighted by molar-refractivity contribution is -0.131. The Morgan fingerprint density at radius 2 is 1.74 bits per heavy atom. The van der Waals surface area contributed by atoms with Crippen LogP contribution >= 0.6 is 0 Å². The Hall–Kier alpha value is -2.10. The first-order valence-corrected chi connectivity index (χ1v) is 6.22. The minimum Gasteiger partial charge on any atom is -0.478 e. The molecule has 0 bridgehead atoms. The fourth-order valence-electron chi connectivity index (χ4n) is 1.37. The summed E-state index contributed by atoms with van der Waals surface area (Å²) < 4.78 is 0. The van der Waals surface area contributed by atoms with Crippen LogP contribution < -0.4 is 5.32 Å². The molecule has 0 saturated carbocycles. The van der Waals surface area contributed by atoms with Crippen LogP contribution in [0.15, 0.2) is 30.3 Å². The van der Waals surface area contributed by atoms with Gasteiger partial charge in [-0.25, -0.2) is 4.79 Å². The van der Waals surface area contributed by atoms with Crippen molar-refractivity contribution in [2.75, 3.05) is 0 Å². The number of amides is 1. The van der Waals surface area contributed by atoms with Gasteiger partial charge >= 0.3 is 5.97 Å². The number of aliphatic carboxylic acids is 1. The molecule has 1 aromatic rings. The van der Waals surface area contributed by atoms with Crippen LogP contribution in [0.1, 0.15) is 36.7 Å². The molecular weight excluding hydrogens is 242 g/mol. The van der Waals surface area contributed by atoms with E-state index >= 15 is 0 Å². The van der Waals surface area contributed by atoms with Crippen LogP contribution in [-0.2, 0) is 4.79 Å². The molecule has 1 aromatic carbocycles. The van der Waals surface area contributed by atoms with Crippen molar-refractivity contribution in [3.8, 4) is 0 Å². The van der Waals surface area contributed by atoms with E-state index in [1.54, 1.807) is 24.3 Å². The zero-order valence-corrected chi connectivity index (χ0v) is 11.4. The van der Waals surface area contributed by atoms with Gasteiger partial charge < -0.3 is 10.4 Å². The van der Waals surface area contributed by atoms with Crippen molar-refractivity contribution in [1.29, 1.82) is 0 Å².